The molecule has 0 aliphatic carbocycles. The van der Waals surface area contributed by atoms with Gasteiger partial charge in [0.05, 0.1) is 29.1 Å². The second kappa shape index (κ2) is 7.51. The summed E-state index contributed by atoms with van der Waals surface area (Å²) in [6.07, 6.45) is 3.15. The van der Waals surface area contributed by atoms with Crippen molar-refractivity contribution in [1.82, 2.24) is 4.98 Å². The van der Waals surface area contributed by atoms with Crippen molar-refractivity contribution in [1.29, 1.82) is 0 Å². The average Bonchev–Trinajstić information content (AvgIpc) is 3.32. The van der Waals surface area contributed by atoms with E-state index in [1.165, 1.54) is 41.0 Å². The minimum Gasteiger partial charge on any atom is -0.463 e. The smallest absolute Gasteiger partial charge is 0.253 e. The third-order valence-corrected chi connectivity index (χ3v) is 4.79. The number of rotatable bonds is 5. The molecule has 27 heavy (non-hydrogen) atoms. The Morgan fingerprint density at radius 1 is 1.19 bits per heavy atom. The number of carbonyl (C=O) groups is 1. The van der Waals surface area contributed by atoms with Gasteiger partial charge in [0, 0.05) is 0 Å². The summed E-state index contributed by atoms with van der Waals surface area (Å²) >= 11 is 1.21. The highest BCUT2D eigenvalue weighted by Crippen LogP contribution is 2.30. The van der Waals surface area contributed by atoms with E-state index in [0.717, 1.165) is 5.56 Å². The normalized spacial score (nSPS) is 11.3. The first-order valence-corrected chi connectivity index (χ1v) is 9.01. The van der Waals surface area contributed by atoms with Crippen LogP contribution in [0.1, 0.15) is 11.3 Å². The molecule has 5 nitrogen and oxygen atoms in total. The van der Waals surface area contributed by atoms with Crippen LogP contribution < -0.4 is 5.01 Å². The van der Waals surface area contributed by atoms with Crippen molar-refractivity contribution in [2.45, 2.75) is 6.42 Å². The van der Waals surface area contributed by atoms with Crippen LogP contribution >= 0.6 is 11.3 Å². The maximum Gasteiger partial charge on any atom is 0.253 e. The predicted octanol–water partition coefficient (Wildman–Crippen LogP) is 4.64. The lowest BCUT2D eigenvalue weighted by Crippen LogP contribution is -2.27. The Labute approximate surface area is 158 Å². The molecule has 4 rings (SSSR count). The first-order chi connectivity index (χ1) is 13.2. The number of halogens is 1. The van der Waals surface area contributed by atoms with E-state index in [9.17, 15) is 9.18 Å². The maximum absolute atomic E-state index is 13.5. The first-order valence-electron chi connectivity index (χ1n) is 8.19. The standard InChI is InChI=1S/C20H14FN3O2S/c21-15-8-9-17-18(12-15)27-20(23-17)24(22-13-16-7-4-10-26-16)19(25)11-14-5-2-1-3-6-14/h1-10,12-13H,11H2/b22-13+. The molecular formula is C20H14FN3O2S. The van der Waals surface area contributed by atoms with E-state index in [1.807, 2.05) is 30.3 Å². The maximum atomic E-state index is 13.5. The number of hydrogen-bond acceptors (Lipinski definition) is 5. The summed E-state index contributed by atoms with van der Waals surface area (Å²) in [6, 6.07) is 17.2. The summed E-state index contributed by atoms with van der Waals surface area (Å²) in [5.41, 5.74) is 1.48. The number of anilines is 1. The number of furan rings is 1. The van der Waals surface area contributed by atoms with Gasteiger partial charge in [0.1, 0.15) is 11.6 Å². The Hall–Kier alpha value is -3.32. The summed E-state index contributed by atoms with van der Waals surface area (Å²) in [7, 11) is 0. The molecule has 0 radical (unpaired) electrons. The van der Waals surface area contributed by atoms with Crippen LogP contribution in [0, 0.1) is 5.82 Å². The van der Waals surface area contributed by atoms with Gasteiger partial charge in [-0.3, -0.25) is 4.79 Å². The second-order valence-electron chi connectivity index (χ2n) is 5.74. The van der Waals surface area contributed by atoms with Gasteiger partial charge in [0.15, 0.2) is 0 Å². The van der Waals surface area contributed by atoms with E-state index in [-0.39, 0.29) is 18.1 Å². The molecule has 0 spiro atoms. The summed E-state index contributed by atoms with van der Waals surface area (Å²) in [4.78, 5) is 17.3. The molecule has 134 valence electrons. The minimum absolute atomic E-state index is 0.167. The van der Waals surface area contributed by atoms with Crippen LogP contribution in [0.2, 0.25) is 0 Å². The van der Waals surface area contributed by atoms with E-state index >= 15 is 0 Å². The number of thiazole rings is 1. The van der Waals surface area contributed by atoms with Crippen molar-refractivity contribution < 1.29 is 13.6 Å². The number of carbonyl (C=O) groups excluding carboxylic acids is 1. The molecule has 0 fully saturated rings. The Morgan fingerprint density at radius 2 is 2.04 bits per heavy atom. The quantitative estimate of drug-likeness (QED) is 0.375. The van der Waals surface area contributed by atoms with Crippen molar-refractivity contribution in [3.63, 3.8) is 0 Å². The molecule has 2 aromatic heterocycles. The molecule has 0 aliphatic heterocycles. The first kappa shape index (κ1) is 17.1. The summed E-state index contributed by atoms with van der Waals surface area (Å²) in [5.74, 6) is -0.0813. The molecule has 4 aromatic rings. The molecule has 1 amide bonds. The van der Waals surface area contributed by atoms with Crippen molar-refractivity contribution >= 4 is 38.8 Å². The van der Waals surface area contributed by atoms with Crippen molar-refractivity contribution in [2.75, 3.05) is 5.01 Å². The summed E-state index contributed by atoms with van der Waals surface area (Å²) < 4.78 is 19.4. The molecule has 0 bridgehead atoms. The van der Waals surface area contributed by atoms with Crippen LogP contribution in [0.5, 0.6) is 0 Å². The SMILES string of the molecule is O=C(Cc1ccccc1)N(/N=C/c1ccco1)c1nc2ccc(F)cc2s1. The Balaban J connectivity index is 1.68. The lowest BCUT2D eigenvalue weighted by molar-refractivity contribution is -0.118. The molecule has 2 heterocycles. The molecule has 7 heteroatoms. The van der Waals surface area contributed by atoms with Gasteiger partial charge in [-0.15, -0.1) is 0 Å². The largest absolute Gasteiger partial charge is 0.463 e. The zero-order valence-electron chi connectivity index (χ0n) is 14.1. The number of hydrazone groups is 1. The van der Waals surface area contributed by atoms with Gasteiger partial charge >= 0.3 is 0 Å². The van der Waals surface area contributed by atoms with E-state index in [4.69, 9.17) is 4.42 Å². The van der Waals surface area contributed by atoms with Crippen LogP contribution in [0.15, 0.2) is 76.4 Å². The zero-order chi connectivity index (χ0) is 18.6. The van der Waals surface area contributed by atoms with Crippen LogP contribution in [0.25, 0.3) is 10.2 Å². The fourth-order valence-electron chi connectivity index (χ4n) is 2.52. The van der Waals surface area contributed by atoms with Gasteiger partial charge in [-0.05, 0) is 35.9 Å². The lowest BCUT2D eigenvalue weighted by Gasteiger charge is -2.13. The molecule has 0 aliphatic rings. The number of hydrogen-bond donors (Lipinski definition) is 0. The van der Waals surface area contributed by atoms with E-state index in [1.54, 1.807) is 18.2 Å². The monoisotopic (exact) mass is 379 g/mol. The van der Waals surface area contributed by atoms with Crippen molar-refractivity contribution in [3.8, 4) is 0 Å². The topological polar surface area (TPSA) is 58.7 Å². The minimum atomic E-state index is -0.348. The summed E-state index contributed by atoms with van der Waals surface area (Å²) in [5, 5.41) is 5.88. The highest BCUT2D eigenvalue weighted by molar-refractivity contribution is 7.22. The van der Waals surface area contributed by atoms with E-state index < -0.39 is 0 Å². The van der Waals surface area contributed by atoms with Crippen LogP contribution in [-0.4, -0.2) is 17.1 Å². The van der Waals surface area contributed by atoms with Crippen molar-refractivity contribution in [2.24, 2.45) is 5.10 Å². The predicted molar refractivity (Wildman–Crippen MR) is 104 cm³/mol. The Morgan fingerprint density at radius 3 is 2.81 bits per heavy atom. The number of nitrogens with zero attached hydrogens (tertiary/aromatic N) is 3. The zero-order valence-corrected chi connectivity index (χ0v) is 14.9. The molecule has 0 unspecified atom stereocenters. The van der Waals surface area contributed by atoms with Gasteiger partial charge in [0.2, 0.25) is 5.13 Å². The number of fused-ring (bicyclic) bond motifs is 1. The fraction of sp³-hybridized carbons (Fsp3) is 0.0500. The van der Waals surface area contributed by atoms with Crippen LogP contribution in [0.3, 0.4) is 0 Å². The Bertz CT molecular complexity index is 1090. The summed E-state index contributed by atoms with van der Waals surface area (Å²) in [6.45, 7) is 0. The number of aromatic nitrogens is 1. The number of benzene rings is 2. The molecular weight excluding hydrogens is 365 g/mol. The van der Waals surface area contributed by atoms with E-state index in [0.29, 0.717) is 21.1 Å². The van der Waals surface area contributed by atoms with E-state index in [2.05, 4.69) is 10.1 Å². The molecule has 0 N–H and O–H groups in total. The van der Waals surface area contributed by atoms with Gasteiger partial charge in [-0.1, -0.05) is 41.7 Å². The number of amides is 1. The van der Waals surface area contributed by atoms with Crippen LogP contribution in [0.4, 0.5) is 9.52 Å². The second-order valence-corrected chi connectivity index (χ2v) is 6.75. The van der Waals surface area contributed by atoms with Gasteiger partial charge in [0.25, 0.3) is 5.91 Å². The lowest BCUT2D eigenvalue weighted by atomic mass is 10.1. The molecule has 0 atom stereocenters. The third kappa shape index (κ3) is 3.93. The Kier molecular flexibility index (Phi) is 4.76. The third-order valence-electron chi connectivity index (χ3n) is 3.80. The van der Waals surface area contributed by atoms with Gasteiger partial charge in [-0.25, -0.2) is 9.37 Å². The van der Waals surface area contributed by atoms with Crippen LogP contribution in [-0.2, 0) is 11.2 Å². The molecule has 2 aromatic carbocycles. The average molecular weight is 379 g/mol. The highest BCUT2D eigenvalue weighted by atomic mass is 32.1. The highest BCUT2D eigenvalue weighted by Gasteiger charge is 2.20. The van der Waals surface area contributed by atoms with Gasteiger partial charge in [-0.2, -0.15) is 10.1 Å². The fourth-order valence-corrected chi connectivity index (χ4v) is 3.49. The molecule has 0 saturated heterocycles. The molecule has 0 saturated carbocycles. The van der Waals surface area contributed by atoms with Gasteiger partial charge < -0.3 is 4.42 Å². The van der Waals surface area contributed by atoms with Crippen molar-refractivity contribution in [3.05, 3.63) is 84.1 Å².